The number of nitrogens with zero attached hydrogens (tertiary/aromatic N) is 3. The average molecular weight is 400 g/mol. The van der Waals surface area contributed by atoms with Crippen LogP contribution in [0.3, 0.4) is 0 Å². The number of pyridine rings is 1. The van der Waals surface area contributed by atoms with Gasteiger partial charge in [-0.1, -0.05) is 42.5 Å². The minimum Gasteiger partial charge on any atom is -0.352 e. The molecule has 0 saturated heterocycles. The fourth-order valence-electron chi connectivity index (χ4n) is 3.30. The number of hydrogen-bond acceptors (Lipinski definition) is 3. The largest absolute Gasteiger partial charge is 0.352 e. The second-order valence-corrected chi connectivity index (χ2v) is 7.04. The first-order valence-electron chi connectivity index (χ1n) is 9.63. The molecule has 0 aliphatic heterocycles. The van der Waals surface area contributed by atoms with E-state index in [1.807, 2.05) is 49.6 Å². The number of carbonyl (C=O) groups is 1. The number of hydrogen-bond donors (Lipinski definition) is 1. The third-order valence-electron chi connectivity index (χ3n) is 4.85. The second kappa shape index (κ2) is 8.69. The van der Waals surface area contributed by atoms with Crippen molar-refractivity contribution in [3.05, 3.63) is 96.2 Å². The summed E-state index contributed by atoms with van der Waals surface area (Å²) >= 11 is 0. The zero-order chi connectivity index (χ0) is 20.9. The molecule has 6 heteroatoms. The highest BCUT2D eigenvalue weighted by Gasteiger charge is 2.12. The van der Waals surface area contributed by atoms with Crippen molar-refractivity contribution in [2.45, 2.75) is 13.0 Å². The Hall–Kier alpha value is -3.80. The van der Waals surface area contributed by atoms with Crippen molar-refractivity contribution in [1.29, 1.82) is 0 Å². The zero-order valence-electron chi connectivity index (χ0n) is 16.5. The van der Waals surface area contributed by atoms with Crippen LogP contribution >= 0.6 is 0 Å². The summed E-state index contributed by atoms with van der Waals surface area (Å²) in [6.07, 6.45) is 5.54. The van der Waals surface area contributed by atoms with Gasteiger partial charge in [-0.25, -0.2) is 4.39 Å². The van der Waals surface area contributed by atoms with Gasteiger partial charge in [0.15, 0.2) is 0 Å². The van der Waals surface area contributed by atoms with Crippen LogP contribution < -0.4 is 5.32 Å². The van der Waals surface area contributed by atoms with Gasteiger partial charge in [0.2, 0.25) is 5.91 Å². The van der Waals surface area contributed by atoms with Crippen molar-refractivity contribution in [2.75, 3.05) is 0 Å². The maximum atomic E-state index is 13.7. The number of carbonyl (C=O) groups excluding carboxylic acids is 1. The number of aromatic nitrogens is 3. The standard InChI is InChI=1S/C24H21FN4O/c1-29-16-21(18-10-12-26-13-11-18)24(28-29)19-8-6-17(7-9-19)15-27-23(30)14-20-4-2-3-5-22(20)25/h2-13,16H,14-15H2,1H3,(H,27,30). The van der Waals surface area contributed by atoms with Crippen molar-refractivity contribution < 1.29 is 9.18 Å². The molecule has 0 radical (unpaired) electrons. The summed E-state index contributed by atoms with van der Waals surface area (Å²) < 4.78 is 15.5. The van der Waals surface area contributed by atoms with Gasteiger partial charge in [0.25, 0.3) is 0 Å². The minimum atomic E-state index is -0.364. The van der Waals surface area contributed by atoms with Gasteiger partial charge in [-0.05, 0) is 34.9 Å². The first-order valence-corrected chi connectivity index (χ1v) is 9.63. The third-order valence-corrected chi connectivity index (χ3v) is 4.85. The molecular weight excluding hydrogens is 379 g/mol. The SMILES string of the molecule is Cn1cc(-c2ccncc2)c(-c2ccc(CNC(=O)Cc3ccccc3F)cc2)n1. The van der Waals surface area contributed by atoms with Crippen molar-refractivity contribution in [1.82, 2.24) is 20.1 Å². The van der Waals surface area contributed by atoms with Crippen LogP contribution in [0.15, 0.2) is 79.3 Å². The van der Waals surface area contributed by atoms with Gasteiger partial charge in [0.05, 0.1) is 6.42 Å². The fraction of sp³-hybridized carbons (Fsp3) is 0.125. The smallest absolute Gasteiger partial charge is 0.224 e. The monoisotopic (exact) mass is 400 g/mol. The van der Waals surface area contributed by atoms with Crippen LogP contribution in [0, 0.1) is 5.82 Å². The summed E-state index contributed by atoms with van der Waals surface area (Å²) in [7, 11) is 1.90. The van der Waals surface area contributed by atoms with E-state index in [4.69, 9.17) is 0 Å². The molecule has 150 valence electrons. The first-order chi connectivity index (χ1) is 14.6. The van der Waals surface area contributed by atoms with E-state index in [2.05, 4.69) is 15.4 Å². The second-order valence-electron chi connectivity index (χ2n) is 7.04. The number of rotatable bonds is 6. The van der Waals surface area contributed by atoms with E-state index in [-0.39, 0.29) is 18.1 Å². The van der Waals surface area contributed by atoms with Crippen LogP contribution in [-0.2, 0) is 24.8 Å². The van der Waals surface area contributed by atoms with E-state index in [0.29, 0.717) is 12.1 Å². The molecule has 0 unspecified atom stereocenters. The maximum absolute atomic E-state index is 13.7. The summed E-state index contributed by atoms with van der Waals surface area (Å²) in [5.74, 6) is -0.578. The lowest BCUT2D eigenvalue weighted by atomic mass is 10.0. The molecule has 2 heterocycles. The third kappa shape index (κ3) is 4.43. The fourth-order valence-corrected chi connectivity index (χ4v) is 3.30. The maximum Gasteiger partial charge on any atom is 0.224 e. The van der Waals surface area contributed by atoms with Gasteiger partial charge in [0.1, 0.15) is 11.5 Å². The molecule has 0 saturated carbocycles. The van der Waals surface area contributed by atoms with E-state index < -0.39 is 0 Å². The number of aryl methyl sites for hydroxylation is 1. The summed E-state index contributed by atoms with van der Waals surface area (Å²) in [6.45, 7) is 0.382. The minimum absolute atomic E-state index is 0.0218. The van der Waals surface area contributed by atoms with E-state index >= 15 is 0 Å². The lowest BCUT2D eigenvalue weighted by molar-refractivity contribution is -0.120. The summed E-state index contributed by atoms with van der Waals surface area (Å²) in [5, 5.41) is 7.45. The van der Waals surface area contributed by atoms with Crippen LogP contribution in [0.1, 0.15) is 11.1 Å². The van der Waals surface area contributed by atoms with Gasteiger partial charge in [-0.3, -0.25) is 14.5 Å². The molecule has 0 fully saturated rings. The van der Waals surface area contributed by atoms with Crippen molar-refractivity contribution >= 4 is 5.91 Å². The number of amides is 1. The Morgan fingerprint density at radius 2 is 1.73 bits per heavy atom. The Labute approximate surface area is 174 Å². The molecule has 0 bridgehead atoms. The molecule has 1 amide bonds. The van der Waals surface area contributed by atoms with Gasteiger partial charge in [-0.2, -0.15) is 5.10 Å². The molecule has 0 aliphatic carbocycles. The van der Waals surface area contributed by atoms with Gasteiger partial charge < -0.3 is 5.32 Å². The Bertz CT molecular complexity index is 1150. The molecule has 2 aromatic carbocycles. The van der Waals surface area contributed by atoms with Crippen LogP contribution in [-0.4, -0.2) is 20.7 Å². The van der Waals surface area contributed by atoms with Gasteiger partial charge >= 0.3 is 0 Å². The highest BCUT2D eigenvalue weighted by Crippen LogP contribution is 2.30. The molecule has 4 aromatic rings. The molecule has 0 spiro atoms. The highest BCUT2D eigenvalue weighted by molar-refractivity contribution is 5.80. The molecule has 2 aromatic heterocycles. The van der Waals surface area contributed by atoms with Crippen molar-refractivity contribution in [3.63, 3.8) is 0 Å². The van der Waals surface area contributed by atoms with E-state index in [0.717, 1.165) is 27.9 Å². The van der Waals surface area contributed by atoms with E-state index in [9.17, 15) is 9.18 Å². The topological polar surface area (TPSA) is 59.8 Å². The Balaban J connectivity index is 1.44. The van der Waals surface area contributed by atoms with Gasteiger partial charge in [0, 0.05) is 43.3 Å². The molecule has 5 nitrogen and oxygen atoms in total. The molecule has 30 heavy (non-hydrogen) atoms. The summed E-state index contributed by atoms with van der Waals surface area (Å²) in [6, 6.07) is 18.1. The zero-order valence-corrected chi connectivity index (χ0v) is 16.5. The lowest BCUT2D eigenvalue weighted by Crippen LogP contribution is -2.24. The average Bonchev–Trinajstić information content (AvgIpc) is 3.16. The molecule has 0 atom stereocenters. The number of nitrogens with one attached hydrogen (secondary N) is 1. The van der Waals surface area contributed by atoms with Crippen molar-refractivity contribution in [3.8, 4) is 22.4 Å². The molecule has 1 N–H and O–H groups in total. The summed E-state index contributed by atoms with van der Waals surface area (Å²) in [4.78, 5) is 16.2. The Morgan fingerprint density at radius 1 is 1.00 bits per heavy atom. The molecule has 0 aliphatic rings. The normalized spacial score (nSPS) is 10.7. The van der Waals surface area contributed by atoms with Crippen LogP contribution in [0.2, 0.25) is 0 Å². The summed E-state index contributed by atoms with van der Waals surface area (Å²) in [5.41, 5.74) is 5.32. The van der Waals surface area contributed by atoms with Crippen molar-refractivity contribution in [2.24, 2.45) is 7.05 Å². The predicted octanol–water partition coefficient (Wildman–Crippen LogP) is 4.15. The van der Waals surface area contributed by atoms with Gasteiger partial charge in [-0.15, -0.1) is 0 Å². The van der Waals surface area contributed by atoms with Crippen LogP contribution in [0.4, 0.5) is 4.39 Å². The van der Waals surface area contributed by atoms with Crippen LogP contribution in [0.5, 0.6) is 0 Å². The molecule has 4 rings (SSSR count). The predicted molar refractivity (Wildman–Crippen MR) is 114 cm³/mol. The quantitative estimate of drug-likeness (QED) is 0.529. The highest BCUT2D eigenvalue weighted by atomic mass is 19.1. The lowest BCUT2D eigenvalue weighted by Gasteiger charge is -2.08. The van der Waals surface area contributed by atoms with Crippen LogP contribution in [0.25, 0.3) is 22.4 Å². The number of halogens is 1. The number of benzene rings is 2. The van der Waals surface area contributed by atoms with E-state index in [1.165, 1.54) is 6.07 Å². The Kier molecular flexibility index (Phi) is 5.66. The first kappa shape index (κ1) is 19.5. The Morgan fingerprint density at radius 3 is 2.47 bits per heavy atom. The van der Waals surface area contributed by atoms with E-state index in [1.54, 1.807) is 35.3 Å². The molecular formula is C24H21FN4O.